The molecule has 1 aliphatic rings. The lowest BCUT2D eigenvalue weighted by atomic mass is 9.97. The van der Waals surface area contributed by atoms with E-state index in [9.17, 15) is 33.3 Å². The van der Waals surface area contributed by atoms with Crippen molar-refractivity contribution in [2.75, 3.05) is 0 Å². The Morgan fingerprint density at radius 3 is 2.12 bits per heavy atom. The first kappa shape index (κ1) is 21.8. The summed E-state index contributed by atoms with van der Waals surface area (Å²) in [4.78, 5) is 12.7. The number of hydrogen-bond acceptors (Lipinski definition) is 5. The SMILES string of the molecule is O=C(c1c(O)cc(O)cc1O)C1C[C@@H]1c1ccc(Oc2ccc(Cl)cc2)cc1C(F)(F)F. The second-order valence-corrected chi connectivity index (χ2v) is 7.91. The van der Waals surface area contributed by atoms with Crippen molar-refractivity contribution in [2.24, 2.45) is 5.92 Å². The van der Waals surface area contributed by atoms with Crippen LogP contribution in [0.3, 0.4) is 0 Å². The summed E-state index contributed by atoms with van der Waals surface area (Å²) >= 11 is 5.80. The van der Waals surface area contributed by atoms with Crippen LogP contribution in [-0.4, -0.2) is 21.1 Å². The maximum absolute atomic E-state index is 13.8. The van der Waals surface area contributed by atoms with E-state index in [1.807, 2.05) is 0 Å². The number of alkyl halides is 3. The molecule has 2 atom stereocenters. The Bertz CT molecular complexity index is 1170. The molecule has 0 aromatic heterocycles. The van der Waals surface area contributed by atoms with Gasteiger partial charge in [-0.2, -0.15) is 13.2 Å². The van der Waals surface area contributed by atoms with Gasteiger partial charge in [-0.25, -0.2) is 0 Å². The highest BCUT2D eigenvalue weighted by molar-refractivity contribution is 6.30. The molecule has 0 heterocycles. The third-order valence-corrected chi connectivity index (χ3v) is 5.49. The van der Waals surface area contributed by atoms with E-state index in [1.165, 1.54) is 24.3 Å². The first-order chi connectivity index (χ1) is 15.0. The number of rotatable bonds is 5. The quantitative estimate of drug-likeness (QED) is 0.388. The number of aromatic hydroxyl groups is 3. The fraction of sp³-hybridized carbons (Fsp3) is 0.174. The number of halogens is 4. The van der Waals surface area contributed by atoms with Crippen molar-refractivity contribution < 1.29 is 38.0 Å². The van der Waals surface area contributed by atoms with Gasteiger partial charge in [0.25, 0.3) is 0 Å². The number of ketones is 1. The summed E-state index contributed by atoms with van der Waals surface area (Å²) in [6.07, 6.45) is -4.56. The molecule has 1 aliphatic carbocycles. The van der Waals surface area contributed by atoms with Crippen LogP contribution >= 0.6 is 11.6 Å². The highest BCUT2D eigenvalue weighted by atomic mass is 35.5. The van der Waals surface area contributed by atoms with E-state index in [0.29, 0.717) is 10.8 Å². The Balaban J connectivity index is 1.61. The molecule has 0 aliphatic heterocycles. The minimum atomic E-state index is -4.69. The fourth-order valence-corrected chi connectivity index (χ4v) is 3.80. The van der Waals surface area contributed by atoms with Gasteiger partial charge in [0.15, 0.2) is 5.78 Å². The third kappa shape index (κ3) is 4.31. The summed E-state index contributed by atoms with van der Waals surface area (Å²) < 4.78 is 46.8. The molecule has 166 valence electrons. The number of carbonyl (C=O) groups excluding carboxylic acids is 1. The van der Waals surface area contributed by atoms with Crippen LogP contribution in [0.15, 0.2) is 54.6 Å². The second-order valence-electron chi connectivity index (χ2n) is 7.47. The van der Waals surface area contributed by atoms with Crippen LogP contribution in [0.4, 0.5) is 13.2 Å². The third-order valence-electron chi connectivity index (χ3n) is 5.23. The average molecular weight is 465 g/mol. The molecule has 4 rings (SSSR count). The molecule has 1 saturated carbocycles. The molecule has 32 heavy (non-hydrogen) atoms. The molecule has 0 saturated heterocycles. The summed E-state index contributed by atoms with van der Waals surface area (Å²) in [6, 6.07) is 11.4. The van der Waals surface area contributed by atoms with Gasteiger partial charge in [-0.1, -0.05) is 17.7 Å². The topological polar surface area (TPSA) is 87.0 Å². The number of carbonyl (C=O) groups is 1. The van der Waals surface area contributed by atoms with E-state index >= 15 is 0 Å². The van der Waals surface area contributed by atoms with Gasteiger partial charge in [0.2, 0.25) is 0 Å². The summed E-state index contributed by atoms with van der Waals surface area (Å²) in [6.45, 7) is 0. The molecule has 5 nitrogen and oxygen atoms in total. The smallest absolute Gasteiger partial charge is 0.416 e. The van der Waals surface area contributed by atoms with Crippen LogP contribution in [0.1, 0.15) is 33.8 Å². The predicted molar refractivity (Wildman–Crippen MR) is 110 cm³/mol. The summed E-state index contributed by atoms with van der Waals surface area (Å²) in [5, 5.41) is 29.7. The Morgan fingerprint density at radius 1 is 0.938 bits per heavy atom. The van der Waals surface area contributed by atoms with E-state index in [1.54, 1.807) is 12.1 Å². The van der Waals surface area contributed by atoms with Gasteiger partial charge in [0.1, 0.15) is 34.3 Å². The first-order valence-electron chi connectivity index (χ1n) is 9.48. The van der Waals surface area contributed by atoms with Crippen LogP contribution < -0.4 is 4.74 Å². The van der Waals surface area contributed by atoms with E-state index in [2.05, 4.69) is 0 Å². The van der Waals surface area contributed by atoms with Crippen molar-refractivity contribution in [2.45, 2.75) is 18.5 Å². The molecule has 0 amide bonds. The zero-order valence-corrected chi connectivity index (χ0v) is 17.0. The summed E-state index contributed by atoms with van der Waals surface area (Å²) in [5.41, 5.74) is -1.42. The van der Waals surface area contributed by atoms with Gasteiger partial charge in [-0.3, -0.25) is 4.79 Å². The lowest BCUT2D eigenvalue weighted by Crippen LogP contribution is -2.11. The number of ether oxygens (including phenoxy) is 1. The lowest BCUT2D eigenvalue weighted by Gasteiger charge is -2.15. The Morgan fingerprint density at radius 2 is 1.53 bits per heavy atom. The van der Waals surface area contributed by atoms with Crippen LogP contribution in [0, 0.1) is 5.92 Å². The predicted octanol–water partition coefficient (Wildman–Crippen LogP) is 6.25. The van der Waals surface area contributed by atoms with Gasteiger partial charge >= 0.3 is 6.18 Å². The highest BCUT2D eigenvalue weighted by Crippen LogP contribution is 2.54. The maximum atomic E-state index is 13.8. The monoisotopic (exact) mass is 464 g/mol. The largest absolute Gasteiger partial charge is 0.508 e. The zero-order chi connectivity index (χ0) is 23.2. The molecule has 1 fully saturated rings. The van der Waals surface area contributed by atoms with Gasteiger partial charge < -0.3 is 20.1 Å². The lowest BCUT2D eigenvalue weighted by molar-refractivity contribution is -0.138. The van der Waals surface area contributed by atoms with Gasteiger partial charge in [0, 0.05) is 23.1 Å². The average Bonchev–Trinajstić information content (AvgIpc) is 3.49. The molecule has 0 radical (unpaired) electrons. The standard InChI is InChI=1S/C23H16ClF3O5/c24-11-1-3-13(4-2-11)32-14-5-6-15(18(9-14)23(25,26)27)16-10-17(16)22(31)21-19(29)7-12(28)8-20(21)30/h1-9,16-17,28-30H,10H2/t16-,17?/m1/s1. The first-order valence-corrected chi connectivity index (χ1v) is 9.86. The van der Waals surface area contributed by atoms with E-state index in [4.69, 9.17) is 16.3 Å². The van der Waals surface area contributed by atoms with E-state index < -0.39 is 52.2 Å². The molecule has 3 N–H and O–H groups in total. The maximum Gasteiger partial charge on any atom is 0.416 e. The van der Waals surface area contributed by atoms with Crippen LogP contribution in [0.25, 0.3) is 0 Å². The van der Waals surface area contributed by atoms with Crippen LogP contribution in [0.2, 0.25) is 5.02 Å². The fourth-order valence-electron chi connectivity index (χ4n) is 3.67. The zero-order valence-electron chi connectivity index (χ0n) is 16.2. The van der Waals surface area contributed by atoms with E-state index in [0.717, 1.165) is 18.2 Å². The Kier molecular flexibility index (Phi) is 5.42. The van der Waals surface area contributed by atoms with Crippen molar-refractivity contribution in [1.82, 2.24) is 0 Å². The summed E-state index contributed by atoms with van der Waals surface area (Å²) in [5.74, 6) is -3.72. The molecule has 9 heteroatoms. The minimum absolute atomic E-state index is 0.0271. The number of benzene rings is 3. The molecule has 0 bridgehead atoms. The molecule has 1 unspecified atom stereocenters. The van der Waals surface area contributed by atoms with Crippen molar-refractivity contribution in [3.63, 3.8) is 0 Å². The second kappa shape index (κ2) is 7.94. The van der Waals surface area contributed by atoms with Crippen LogP contribution in [0.5, 0.6) is 28.7 Å². The number of hydrogen-bond donors (Lipinski definition) is 3. The Hall–Kier alpha value is -3.39. The van der Waals surface area contributed by atoms with Gasteiger partial charge in [-0.15, -0.1) is 0 Å². The number of Topliss-reactive ketones (excluding diaryl/α,β-unsaturated/α-hetero) is 1. The van der Waals surface area contributed by atoms with Crippen molar-refractivity contribution in [3.05, 3.63) is 76.3 Å². The normalized spacial score (nSPS) is 17.8. The molecule has 3 aromatic carbocycles. The van der Waals surface area contributed by atoms with E-state index in [-0.39, 0.29) is 17.7 Å². The van der Waals surface area contributed by atoms with Crippen molar-refractivity contribution >= 4 is 17.4 Å². The minimum Gasteiger partial charge on any atom is -0.508 e. The number of phenols is 3. The Labute approximate surface area is 185 Å². The molecular formula is C23H16ClF3O5. The van der Waals surface area contributed by atoms with Gasteiger partial charge in [0.05, 0.1) is 5.56 Å². The van der Waals surface area contributed by atoms with Crippen molar-refractivity contribution in [1.29, 1.82) is 0 Å². The molecule has 0 spiro atoms. The summed E-state index contributed by atoms with van der Waals surface area (Å²) in [7, 11) is 0. The highest BCUT2D eigenvalue weighted by Gasteiger charge is 2.49. The van der Waals surface area contributed by atoms with Crippen molar-refractivity contribution in [3.8, 4) is 28.7 Å². The van der Waals surface area contributed by atoms with Crippen LogP contribution in [-0.2, 0) is 6.18 Å². The van der Waals surface area contributed by atoms with Gasteiger partial charge in [-0.05, 0) is 54.3 Å². The number of phenolic OH excluding ortho intramolecular Hbond substituents is 3. The molecular weight excluding hydrogens is 449 g/mol. The molecule has 3 aromatic rings.